The highest BCUT2D eigenvalue weighted by Gasteiger charge is 2.39. The van der Waals surface area contributed by atoms with Crippen molar-refractivity contribution in [1.82, 2.24) is 9.21 Å². The van der Waals surface area contributed by atoms with Crippen LogP contribution in [0.15, 0.2) is 29.2 Å². The van der Waals surface area contributed by atoms with Crippen molar-refractivity contribution in [2.24, 2.45) is 0 Å². The lowest BCUT2D eigenvalue weighted by molar-refractivity contribution is -0.137. The molecule has 0 aromatic heterocycles. The van der Waals surface area contributed by atoms with Crippen LogP contribution in [0.25, 0.3) is 0 Å². The Labute approximate surface area is 156 Å². The third kappa shape index (κ3) is 4.33. The van der Waals surface area contributed by atoms with Gasteiger partial charge in [0.15, 0.2) is 0 Å². The predicted molar refractivity (Wildman–Crippen MR) is 93.1 cm³/mol. The minimum atomic E-state index is -4.31. The van der Waals surface area contributed by atoms with Crippen LogP contribution >= 0.6 is 0 Å². The maximum atomic E-state index is 12.6. The van der Waals surface area contributed by atoms with Gasteiger partial charge in [0, 0.05) is 31.0 Å². The van der Waals surface area contributed by atoms with Gasteiger partial charge in [0.2, 0.25) is 11.8 Å². The molecule has 0 saturated carbocycles. The van der Waals surface area contributed by atoms with Crippen molar-refractivity contribution in [2.45, 2.75) is 44.0 Å². The molecule has 0 unspecified atom stereocenters. The van der Waals surface area contributed by atoms with E-state index >= 15 is 0 Å². The fourth-order valence-electron chi connectivity index (χ4n) is 2.68. The highest BCUT2D eigenvalue weighted by atomic mass is 32.2. The van der Waals surface area contributed by atoms with Crippen molar-refractivity contribution in [1.29, 1.82) is 0 Å². The average molecular weight is 396 g/mol. The molecule has 0 radical (unpaired) electrons. The van der Waals surface area contributed by atoms with Gasteiger partial charge in [-0.3, -0.25) is 19.2 Å². The largest absolute Gasteiger partial charge is 0.481 e. The number of amides is 3. The summed E-state index contributed by atoms with van der Waals surface area (Å²) >= 11 is 0. The SMILES string of the molecule is CC(C)N(CCC(=O)O)C(=O)c1ccc(S(=O)(=O)N2C(=O)CCC2=O)cc1. The van der Waals surface area contributed by atoms with E-state index in [2.05, 4.69) is 0 Å². The predicted octanol–water partition coefficient (Wildman–Crippen LogP) is 0.850. The van der Waals surface area contributed by atoms with Gasteiger partial charge >= 0.3 is 5.97 Å². The molecule has 146 valence electrons. The van der Waals surface area contributed by atoms with Crippen LogP contribution in [0.4, 0.5) is 0 Å². The zero-order valence-electron chi connectivity index (χ0n) is 14.9. The summed E-state index contributed by atoms with van der Waals surface area (Å²) in [5.41, 5.74) is 0.173. The second kappa shape index (κ2) is 7.87. The molecular weight excluding hydrogens is 376 g/mol. The third-order valence-corrected chi connectivity index (χ3v) is 5.85. The first kappa shape index (κ1) is 20.6. The summed E-state index contributed by atoms with van der Waals surface area (Å²) in [6.07, 6.45) is -0.515. The van der Waals surface area contributed by atoms with Crippen LogP contribution in [0.3, 0.4) is 0 Å². The molecule has 0 atom stereocenters. The van der Waals surface area contributed by atoms with Crippen LogP contribution in [-0.2, 0) is 24.4 Å². The topological polar surface area (TPSA) is 129 Å². The third-order valence-electron chi connectivity index (χ3n) is 4.10. The van der Waals surface area contributed by atoms with Gasteiger partial charge in [-0.1, -0.05) is 0 Å². The fourth-order valence-corrected chi connectivity index (χ4v) is 4.08. The van der Waals surface area contributed by atoms with Gasteiger partial charge in [0.25, 0.3) is 15.9 Å². The van der Waals surface area contributed by atoms with Crippen LogP contribution in [-0.4, -0.2) is 59.0 Å². The monoisotopic (exact) mass is 396 g/mol. The van der Waals surface area contributed by atoms with E-state index in [4.69, 9.17) is 5.11 Å². The normalized spacial score (nSPS) is 14.7. The minimum Gasteiger partial charge on any atom is -0.481 e. The molecule has 1 N–H and O–H groups in total. The Kier molecular flexibility index (Phi) is 5.99. The molecule has 27 heavy (non-hydrogen) atoms. The number of carbonyl (C=O) groups is 4. The molecule has 9 nitrogen and oxygen atoms in total. The number of aliphatic carboxylic acids is 1. The average Bonchev–Trinajstić information content (AvgIpc) is 2.93. The van der Waals surface area contributed by atoms with Crippen molar-refractivity contribution >= 4 is 33.7 Å². The number of sulfonamides is 1. The molecule has 3 amide bonds. The molecule has 2 rings (SSSR count). The van der Waals surface area contributed by atoms with Crippen LogP contribution in [0.5, 0.6) is 0 Å². The Morgan fingerprint density at radius 1 is 1.11 bits per heavy atom. The Morgan fingerprint density at radius 2 is 1.63 bits per heavy atom. The smallest absolute Gasteiger partial charge is 0.305 e. The summed E-state index contributed by atoms with van der Waals surface area (Å²) in [5.74, 6) is -3.03. The number of carbonyl (C=O) groups excluding carboxylic acids is 3. The molecule has 0 aliphatic carbocycles. The molecule has 0 spiro atoms. The first-order valence-corrected chi connectivity index (χ1v) is 9.73. The molecule has 10 heteroatoms. The van der Waals surface area contributed by atoms with E-state index in [-0.39, 0.29) is 46.6 Å². The summed E-state index contributed by atoms with van der Waals surface area (Å²) in [5, 5.41) is 8.80. The maximum absolute atomic E-state index is 12.6. The zero-order valence-corrected chi connectivity index (χ0v) is 15.7. The van der Waals surface area contributed by atoms with Crippen LogP contribution in [0, 0.1) is 0 Å². The molecule has 1 saturated heterocycles. The highest BCUT2D eigenvalue weighted by molar-refractivity contribution is 7.90. The summed E-state index contributed by atoms with van der Waals surface area (Å²) in [6, 6.07) is 4.60. The van der Waals surface area contributed by atoms with E-state index < -0.39 is 33.7 Å². The molecule has 0 bridgehead atoms. The maximum Gasteiger partial charge on any atom is 0.305 e. The van der Waals surface area contributed by atoms with Gasteiger partial charge in [-0.05, 0) is 38.1 Å². The van der Waals surface area contributed by atoms with Gasteiger partial charge in [0.1, 0.15) is 0 Å². The van der Waals surface area contributed by atoms with E-state index in [0.717, 1.165) is 12.1 Å². The number of carboxylic acids is 1. The van der Waals surface area contributed by atoms with Crippen molar-refractivity contribution < 1.29 is 32.7 Å². The van der Waals surface area contributed by atoms with E-state index in [1.54, 1.807) is 13.8 Å². The number of hydrogen-bond acceptors (Lipinski definition) is 6. The van der Waals surface area contributed by atoms with Gasteiger partial charge in [-0.25, -0.2) is 8.42 Å². The molecule has 1 aliphatic rings. The van der Waals surface area contributed by atoms with Gasteiger partial charge in [-0.15, -0.1) is 0 Å². The summed E-state index contributed by atoms with van der Waals surface area (Å²) in [4.78, 5) is 47.8. The van der Waals surface area contributed by atoms with Crippen molar-refractivity contribution in [3.63, 3.8) is 0 Å². The van der Waals surface area contributed by atoms with Crippen LogP contribution in [0.1, 0.15) is 43.5 Å². The van der Waals surface area contributed by atoms with Crippen molar-refractivity contribution in [2.75, 3.05) is 6.54 Å². The van der Waals surface area contributed by atoms with Crippen molar-refractivity contribution in [3.05, 3.63) is 29.8 Å². The second-order valence-corrected chi connectivity index (χ2v) is 8.10. The van der Waals surface area contributed by atoms with E-state index in [1.165, 1.54) is 17.0 Å². The Morgan fingerprint density at radius 3 is 2.07 bits per heavy atom. The number of hydrogen-bond donors (Lipinski definition) is 1. The van der Waals surface area contributed by atoms with Crippen LogP contribution < -0.4 is 0 Å². The summed E-state index contributed by atoms with van der Waals surface area (Å²) in [7, 11) is -4.31. The fraction of sp³-hybridized carbons (Fsp3) is 0.412. The Hall–Kier alpha value is -2.75. The number of rotatable bonds is 7. The quantitative estimate of drug-likeness (QED) is 0.676. The first-order chi connectivity index (χ1) is 12.6. The highest BCUT2D eigenvalue weighted by Crippen LogP contribution is 2.23. The van der Waals surface area contributed by atoms with Gasteiger partial charge in [0.05, 0.1) is 11.3 Å². The van der Waals surface area contributed by atoms with Gasteiger partial charge < -0.3 is 10.0 Å². The van der Waals surface area contributed by atoms with E-state index in [0.29, 0.717) is 0 Å². The number of benzene rings is 1. The lowest BCUT2D eigenvalue weighted by Gasteiger charge is -2.26. The van der Waals surface area contributed by atoms with Gasteiger partial charge in [-0.2, -0.15) is 4.31 Å². The first-order valence-electron chi connectivity index (χ1n) is 8.29. The standard InChI is InChI=1S/C17H20N2O7S/c1-11(2)18(10-9-16(22)23)17(24)12-3-5-13(6-4-12)27(25,26)19-14(20)7-8-15(19)21/h3-6,11H,7-10H2,1-2H3,(H,22,23). The number of nitrogens with zero attached hydrogens (tertiary/aromatic N) is 2. The number of carboxylic acid groups (broad SMARTS) is 1. The lowest BCUT2D eigenvalue weighted by Crippen LogP contribution is -2.38. The molecule has 1 aromatic carbocycles. The van der Waals surface area contributed by atoms with E-state index in [1.807, 2.05) is 0 Å². The second-order valence-electron chi connectivity index (χ2n) is 6.32. The van der Waals surface area contributed by atoms with Crippen LogP contribution in [0.2, 0.25) is 0 Å². The summed E-state index contributed by atoms with van der Waals surface area (Å²) in [6.45, 7) is 3.50. The zero-order chi connectivity index (χ0) is 20.4. The molecule has 1 heterocycles. The lowest BCUT2D eigenvalue weighted by atomic mass is 10.1. The Bertz CT molecular complexity index is 859. The molecule has 1 fully saturated rings. The molecular formula is C17H20N2O7S. The molecule has 1 aliphatic heterocycles. The minimum absolute atomic E-state index is 0.0165. The molecule has 1 aromatic rings. The Balaban J connectivity index is 2.25. The number of imide groups is 1. The van der Waals surface area contributed by atoms with Crippen molar-refractivity contribution in [3.8, 4) is 0 Å². The summed E-state index contributed by atoms with van der Waals surface area (Å²) < 4.78 is 25.2. The van der Waals surface area contributed by atoms with E-state index in [9.17, 15) is 27.6 Å².